The average molecular weight is 488 g/mol. The van der Waals surface area contributed by atoms with Gasteiger partial charge in [-0.3, -0.25) is 4.79 Å². The molecule has 0 spiro atoms. The van der Waals surface area contributed by atoms with Crippen molar-refractivity contribution in [2.75, 3.05) is 43.1 Å². The first kappa shape index (κ1) is 24.2. The predicted molar refractivity (Wildman–Crippen MR) is 131 cm³/mol. The van der Waals surface area contributed by atoms with E-state index < -0.39 is 0 Å². The van der Waals surface area contributed by atoms with E-state index in [2.05, 4.69) is 37.6 Å². The van der Waals surface area contributed by atoms with Crippen molar-refractivity contribution in [3.8, 4) is 5.75 Å². The second-order valence-corrected chi connectivity index (χ2v) is 8.66. The summed E-state index contributed by atoms with van der Waals surface area (Å²) in [4.78, 5) is 19.9. The lowest BCUT2D eigenvalue weighted by molar-refractivity contribution is 0.0253. The summed E-state index contributed by atoms with van der Waals surface area (Å²) in [5.41, 5.74) is 2.03. The van der Waals surface area contributed by atoms with Crippen LogP contribution in [0.25, 0.3) is 5.65 Å². The fourth-order valence-corrected chi connectivity index (χ4v) is 4.27. The molecule has 2 aliphatic rings. The molecule has 182 valence electrons. The van der Waals surface area contributed by atoms with Gasteiger partial charge < -0.3 is 29.4 Å². The van der Waals surface area contributed by atoms with Gasteiger partial charge in [-0.1, -0.05) is 0 Å². The summed E-state index contributed by atoms with van der Waals surface area (Å²) in [5, 5.41) is 14.8. The van der Waals surface area contributed by atoms with Crippen molar-refractivity contribution >= 4 is 35.6 Å². The second kappa shape index (κ2) is 10.5. The number of fused-ring (bicyclic) bond motifs is 1. The maximum absolute atomic E-state index is 13.2. The lowest BCUT2D eigenvalue weighted by Gasteiger charge is -2.32. The first-order valence-electron chi connectivity index (χ1n) is 11.4. The number of rotatable bonds is 5. The van der Waals surface area contributed by atoms with Crippen molar-refractivity contribution in [3.05, 3.63) is 41.9 Å². The number of anilines is 2. The highest BCUT2D eigenvalue weighted by Gasteiger charge is 2.22. The monoisotopic (exact) mass is 487 g/mol. The molecule has 5 heterocycles. The van der Waals surface area contributed by atoms with E-state index in [9.17, 15) is 4.79 Å². The smallest absolute Gasteiger partial charge is 0.262 e. The van der Waals surface area contributed by atoms with Gasteiger partial charge >= 0.3 is 0 Å². The summed E-state index contributed by atoms with van der Waals surface area (Å²) in [6.07, 6.45) is 5.22. The Balaban J connectivity index is 0.00000274. The predicted octanol–water partition coefficient (Wildman–Crippen LogP) is 2.46. The van der Waals surface area contributed by atoms with Gasteiger partial charge in [0.05, 0.1) is 24.5 Å². The molecular weight excluding hydrogens is 458 g/mol. The van der Waals surface area contributed by atoms with Gasteiger partial charge in [0.2, 0.25) is 0 Å². The van der Waals surface area contributed by atoms with Crippen molar-refractivity contribution in [1.82, 2.24) is 24.9 Å². The van der Waals surface area contributed by atoms with Crippen molar-refractivity contribution in [1.29, 1.82) is 0 Å². The van der Waals surface area contributed by atoms with E-state index >= 15 is 0 Å². The molecule has 2 aliphatic heterocycles. The fraction of sp³-hybridized carbons (Fsp3) is 0.478. The summed E-state index contributed by atoms with van der Waals surface area (Å²) < 4.78 is 13.5. The zero-order chi connectivity index (χ0) is 22.8. The highest BCUT2D eigenvalue weighted by Crippen LogP contribution is 2.26. The lowest BCUT2D eigenvalue weighted by Crippen LogP contribution is -2.49. The number of amides is 1. The van der Waals surface area contributed by atoms with Crippen LogP contribution in [0, 0.1) is 6.92 Å². The molecule has 3 aromatic rings. The summed E-state index contributed by atoms with van der Waals surface area (Å²) >= 11 is 0. The first-order chi connectivity index (χ1) is 16.0. The van der Waals surface area contributed by atoms with E-state index in [-0.39, 0.29) is 24.4 Å². The third-order valence-electron chi connectivity index (χ3n) is 5.97. The average Bonchev–Trinajstić information content (AvgIpc) is 3.18. The second-order valence-electron chi connectivity index (χ2n) is 8.66. The number of imidazole rings is 1. The Kier molecular flexibility index (Phi) is 7.50. The number of piperazine rings is 1. The van der Waals surface area contributed by atoms with Gasteiger partial charge in [-0.2, -0.15) is 0 Å². The van der Waals surface area contributed by atoms with Crippen LogP contribution in [0.2, 0.25) is 0 Å². The Morgan fingerprint density at radius 2 is 2.06 bits per heavy atom. The van der Waals surface area contributed by atoms with Crippen LogP contribution < -0.4 is 20.3 Å². The minimum atomic E-state index is -0.303. The normalized spacial score (nSPS) is 19.0. The number of ether oxygens (including phenoxy) is 2. The van der Waals surface area contributed by atoms with E-state index in [1.807, 2.05) is 29.7 Å². The molecule has 5 rings (SSSR count). The van der Waals surface area contributed by atoms with Crippen molar-refractivity contribution in [2.45, 2.75) is 38.8 Å². The highest BCUT2D eigenvalue weighted by atomic mass is 35.5. The van der Waals surface area contributed by atoms with Crippen LogP contribution in [0.5, 0.6) is 5.75 Å². The third-order valence-corrected chi connectivity index (χ3v) is 5.97. The Hall–Kier alpha value is -2.95. The Bertz CT molecular complexity index is 1130. The van der Waals surface area contributed by atoms with Crippen molar-refractivity contribution in [3.63, 3.8) is 0 Å². The molecular formula is C23H30ClN7O3. The molecule has 0 radical (unpaired) electrons. The van der Waals surface area contributed by atoms with E-state index in [0.29, 0.717) is 36.4 Å². The lowest BCUT2D eigenvalue weighted by atomic mass is 10.1. The van der Waals surface area contributed by atoms with Crippen LogP contribution in [-0.2, 0) is 4.74 Å². The van der Waals surface area contributed by atoms with E-state index in [4.69, 9.17) is 9.47 Å². The van der Waals surface area contributed by atoms with Gasteiger partial charge in [0.25, 0.3) is 5.91 Å². The number of hydrogen-bond acceptors (Lipinski definition) is 8. The maximum atomic E-state index is 13.2. The molecule has 2 saturated heterocycles. The number of pyridine rings is 1. The summed E-state index contributed by atoms with van der Waals surface area (Å²) in [5.74, 6) is 1.41. The SMILES string of the molecule is Cc1cn2cc(C(=O)Nc3ccc(N4CCN[C@@H](C)C4)nn3)c(OC3CCOCC3)cc2n1.Cl. The number of nitrogens with one attached hydrogen (secondary N) is 2. The molecule has 1 atom stereocenters. The Morgan fingerprint density at radius 3 is 2.79 bits per heavy atom. The van der Waals surface area contributed by atoms with Crippen LogP contribution >= 0.6 is 12.4 Å². The molecule has 1 amide bonds. The van der Waals surface area contributed by atoms with Gasteiger partial charge in [0.15, 0.2) is 11.6 Å². The molecule has 0 saturated carbocycles. The fourth-order valence-electron chi connectivity index (χ4n) is 4.27. The van der Waals surface area contributed by atoms with Gasteiger partial charge in [-0.15, -0.1) is 22.6 Å². The zero-order valence-electron chi connectivity index (χ0n) is 19.4. The van der Waals surface area contributed by atoms with Crippen LogP contribution in [-0.4, -0.2) is 70.5 Å². The molecule has 2 fully saturated rings. The molecule has 10 nitrogen and oxygen atoms in total. The molecule has 0 bridgehead atoms. The first-order valence-corrected chi connectivity index (χ1v) is 11.4. The maximum Gasteiger partial charge on any atom is 0.262 e. The standard InChI is InChI=1S/C23H29N7O3.ClH/c1-15-12-29(8-7-24-15)21-4-3-20(27-28-21)26-23(31)18-14-30-13-16(2)25-22(30)11-19(18)33-17-5-9-32-10-6-17;/h3-4,11,13-15,17,24H,5-10,12H2,1-2H3,(H,26,27,31);1H/t15-;/m0./s1. The van der Waals surface area contributed by atoms with E-state index in [0.717, 1.165) is 49.6 Å². The summed E-state index contributed by atoms with van der Waals surface area (Å²) in [7, 11) is 0. The summed E-state index contributed by atoms with van der Waals surface area (Å²) in [6.45, 7) is 8.04. The molecule has 0 unspecified atom stereocenters. The van der Waals surface area contributed by atoms with Crippen molar-refractivity contribution in [2.24, 2.45) is 0 Å². The van der Waals surface area contributed by atoms with Gasteiger partial charge in [0.1, 0.15) is 17.5 Å². The number of aryl methyl sites for hydroxylation is 1. The third kappa shape index (κ3) is 5.40. The quantitative estimate of drug-likeness (QED) is 0.565. The molecule has 3 aromatic heterocycles. The van der Waals surface area contributed by atoms with E-state index in [1.54, 1.807) is 12.3 Å². The Labute approximate surface area is 204 Å². The van der Waals surface area contributed by atoms with Crippen LogP contribution in [0.15, 0.2) is 30.6 Å². The van der Waals surface area contributed by atoms with Crippen molar-refractivity contribution < 1.29 is 14.3 Å². The van der Waals surface area contributed by atoms with Gasteiger partial charge in [-0.25, -0.2) is 4.98 Å². The topological polar surface area (TPSA) is 106 Å². The van der Waals surface area contributed by atoms with Crippen LogP contribution in [0.1, 0.15) is 35.8 Å². The summed E-state index contributed by atoms with van der Waals surface area (Å²) in [6, 6.07) is 5.89. The minimum Gasteiger partial charge on any atom is -0.489 e. The van der Waals surface area contributed by atoms with Gasteiger partial charge in [0, 0.05) is 57.0 Å². The molecule has 11 heteroatoms. The number of nitrogens with zero attached hydrogens (tertiary/aromatic N) is 5. The minimum absolute atomic E-state index is 0. The Morgan fingerprint density at radius 1 is 1.24 bits per heavy atom. The molecule has 34 heavy (non-hydrogen) atoms. The van der Waals surface area contributed by atoms with E-state index in [1.165, 1.54) is 0 Å². The number of carbonyl (C=O) groups is 1. The molecule has 0 aliphatic carbocycles. The highest BCUT2D eigenvalue weighted by molar-refractivity contribution is 6.05. The number of hydrogen-bond donors (Lipinski definition) is 2. The number of carbonyl (C=O) groups excluding carboxylic acids is 1. The number of halogens is 1. The van der Waals surface area contributed by atoms with Crippen LogP contribution in [0.3, 0.4) is 0 Å². The molecule has 2 N–H and O–H groups in total. The van der Waals surface area contributed by atoms with Crippen LogP contribution in [0.4, 0.5) is 11.6 Å². The van der Waals surface area contributed by atoms with Gasteiger partial charge in [-0.05, 0) is 26.0 Å². The molecule has 0 aromatic carbocycles. The zero-order valence-corrected chi connectivity index (χ0v) is 20.2. The largest absolute Gasteiger partial charge is 0.489 e. The number of aromatic nitrogens is 4.